The van der Waals surface area contributed by atoms with Gasteiger partial charge in [-0.2, -0.15) is 5.10 Å². The first-order chi connectivity index (χ1) is 14.3. The Labute approximate surface area is 167 Å². The van der Waals surface area contributed by atoms with Gasteiger partial charge in [-0.1, -0.05) is 24.3 Å². The molecular formula is C21H19N7O. The van der Waals surface area contributed by atoms with Gasteiger partial charge in [0.1, 0.15) is 17.8 Å². The summed E-state index contributed by atoms with van der Waals surface area (Å²) in [5.41, 5.74) is 0.513. The first-order valence-corrected chi connectivity index (χ1v) is 9.50. The van der Waals surface area contributed by atoms with Crippen LogP contribution in [0.3, 0.4) is 0 Å². The van der Waals surface area contributed by atoms with Crippen LogP contribution in [-0.4, -0.2) is 61.7 Å². The molecule has 0 bridgehead atoms. The van der Waals surface area contributed by atoms with E-state index in [0.717, 1.165) is 22.4 Å². The summed E-state index contributed by atoms with van der Waals surface area (Å²) >= 11 is 0. The van der Waals surface area contributed by atoms with Gasteiger partial charge >= 0.3 is 0 Å². The molecule has 0 radical (unpaired) electrons. The highest BCUT2D eigenvalue weighted by Crippen LogP contribution is 2.20. The molecule has 4 aromatic rings. The van der Waals surface area contributed by atoms with Crippen molar-refractivity contribution < 1.29 is 4.79 Å². The fourth-order valence-electron chi connectivity index (χ4n) is 3.62. The van der Waals surface area contributed by atoms with Gasteiger partial charge in [-0.25, -0.2) is 14.6 Å². The van der Waals surface area contributed by atoms with Crippen LogP contribution in [0.1, 0.15) is 10.5 Å². The second-order valence-corrected chi connectivity index (χ2v) is 6.84. The molecule has 144 valence electrons. The fourth-order valence-corrected chi connectivity index (χ4v) is 3.62. The van der Waals surface area contributed by atoms with E-state index in [-0.39, 0.29) is 5.91 Å². The molecule has 0 N–H and O–H groups in total. The van der Waals surface area contributed by atoms with Gasteiger partial charge in [0.25, 0.3) is 5.91 Å². The maximum Gasteiger partial charge on any atom is 0.273 e. The van der Waals surface area contributed by atoms with E-state index in [2.05, 4.69) is 25.0 Å². The van der Waals surface area contributed by atoms with Gasteiger partial charge in [0.05, 0.1) is 0 Å². The number of hydrogen-bond donors (Lipinski definition) is 0. The van der Waals surface area contributed by atoms with E-state index >= 15 is 0 Å². The molecule has 0 unspecified atom stereocenters. The van der Waals surface area contributed by atoms with Gasteiger partial charge in [0.15, 0.2) is 5.82 Å². The number of hydrogen-bond acceptors (Lipinski definition) is 6. The number of anilines is 1. The number of carbonyl (C=O) groups is 1. The Morgan fingerprint density at radius 1 is 0.862 bits per heavy atom. The molecule has 0 spiro atoms. The predicted molar refractivity (Wildman–Crippen MR) is 109 cm³/mol. The molecular weight excluding hydrogens is 366 g/mol. The van der Waals surface area contributed by atoms with E-state index in [0.29, 0.717) is 31.9 Å². The van der Waals surface area contributed by atoms with Crippen LogP contribution in [0.2, 0.25) is 0 Å². The molecule has 4 heterocycles. The zero-order valence-electron chi connectivity index (χ0n) is 15.7. The van der Waals surface area contributed by atoms with Gasteiger partial charge in [-0.05, 0) is 17.5 Å². The van der Waals surface area contributed by atoms with Crippen LogP contribution in [0.25, 0.3) is 16.6 Å². The molecule has 1 fully saturated rings. The van der Waals surface area contributed by atoms with Crippen molar-refractivity contribution in [2.75, 3.05) is 31.1 Å². The highest BCUT2D eigenvalue weighted by molar-refractivity contribution is 6.05. The summed E-state index contributed by atoms with van der Waals surface area (Å²) in [6.07, 6.45) is 6.81. The highest BCUT2D eigenvalue weighted by atomic mass is 16.2. The maximum absolute atomic E-state index is 13.1. The Bertz CT molecular complexity index is 1150. The van der Waals surface area contributed by atoms with Crippen LogP contribution in [0, 0.1) is 0 Å². The highest BCUT2D eigenvalue weighted by Gasteiger charge is 2.25. The van der Waals surface area contributed by atoms with Gasteiger partial charge in [-0.3, -0.25) is 9.78 Å². The minimum absolute atomic E-state index is 0.0265. The van der Waals surface area contributed by atoms with Crippen molar-refractivity contribution in [3.8, 4) is 5.82 Å². The minimum Gasteiger partial charge on any atom is -0.353 e. The quantitative estimate of drug-likeness (QED) is 0.538. The summed E-state index contributed by atoms with van der Waals surface area (Å²) in [5, 5.41) is 6.13. The summed E-state index contributed by atoms with van der Waals surface area (Å²) in [6.45, 7) is 2.63. The molecule has 1 aliphatic rings. The largest absolute Gasteiger partial charge is 0.353 e. The van der Waals surface area contributed by atoms with Crippen molar-refractivity contribution in [1.82, 2.24) is 29.6 Å². The lowest BCUT2D eigenvalue weighted by atomic mass is 10.1. The molecule has 1 saturated heterocycles. The van der Waals surface area contributed by atoms with Crippen molar-refractivity contribution in [2.24, 2.45) is 0 Å². The van der Waals surface area contributed by atoms with Gasteiger partial charge in [0.2, 0.25) is 0 Å². The second-order valence-electron chi connectivity index (χ2n) is 6.84. The lowest BCUT2D eigenvalue weighted by Crippen LogP contribution is -2.49. The molecule has 5 rings (SSSR count). The molecule has 1 aliphatic heterocycles. The number of aromatic nitrogens is 5. The number of piperazine rings is 1. The Morgan fingerprint density at radius 3 is 2.52 bits per heavy atom. The summed E-state index contributed by atoms with van der Waals surface area (Å²) in [6, 6.07) is 13.5. The number of benzene rings is 1. The Kier molecular flexibility index (Phi) is 4.36. The Balaban J connectivity index is 1.32. The third-order valence-electron chi connectivity index (χ3n) is 5.14. The third kappa shape index (κ3) is 3.29. The molecule has 1 amide bonds. The van der Waals surface area contributed by atoms with Crippen LogP contribution in [0.4, 0.5) is 5.82 Å². The van der Waals surface area contributed by atoms with Crippen molar-refractivity contribution in [3.05, 3.63) is 73.1 Å². The summed E-state index contributed by atoms with van der Waals surface area (Å²) < 4.78 is 1.71. The smallest absolute Gasteiger partial charge is 0.273 e. The molecule has 3 aromatic heterocycles. The number of rotatable bonds is 3. The molecule has 8 nitrogen and oxygen atoms in total. The summed E-state index contributed by atoms with van der Waals surface area (Å²) in [4.78, 5) is 30.1. The van der Waals surface area contributed by atoms with Crippen LogP contribution < -0.4 is 4.90 Å². The molecule has 0 atom stereocenters. The Morgan fingerprint density at radius 2 is 1.69 bits per heavy atom. The van der Waals surface area contributed by atoms with Crippen molar-refractivity contribution in [2.45, 2.75) is 0 Å². The van der Waals surface area contributed by atoms with Gasteiger partial charge in [0, 0.05) is 56.2 Å². The number of fused-ring (bicyclic) bond motifs is 1. The number of amides is 1. The lowest BCUT2D eigenvalue weighted by Gasteiger charge is -2.35. The van der Waals surface area contributed by atoms with E-state index in [1.165, 1.54) is 0 Å². The number of pyridine rings is 1. The summed E-state index contributed by atoms with van der Waals surface area (Å²) in [7, 11) is 0. The minimum atomic E-state index is -0.0265. The van der Waals surface area contributed by atoms with Gasteiger partial charge < -0.3 is 9.80 Å². The monoisotopic (exact) mass is 385 g/mol. The van der Waals surface area contributed by atoms with Crippen LogP contribution in [0.15, 0.2) is 67.4 Å². The number of nitrogens with zero attached hydrogens (tertiary/aromatic N) is 7. The molecule has 8 heteroatoms. The summed E-state index contributed by atoms with van der Waals surface area (Å²) in [5.74, 6) is 1.53. The van der Waals surface area contributed by atoms with E-state index in [1.54, 1.807) is 23.4 Å². The standard InChI is InChI=1S/C21H19N7O/c29-21(20-17-5-2-1-4-16(17)6-8-22-20)27-12-10-26(11-13-27)18-14-19(24-15-23-18)28-9-3-7-25-28/h1-9,14-15H,10-13H2. The molecule has 29 heavy (non-hydrogen) atoms. The van der Waals surface area contributed by atoms with Crippen LogP contribution in [0.5, 0.6) is 0 Å². The van der Waals surface area contributed by atoms with Crippen molar-refractivity contribution in [3.63, 3.8) is 0 Å². The van der Waals surface area contributed by atoms with Crippen LogP contribution in [-0.2, 0) is 0 Å². The molecule has 1 aromatic carbocycles. The SMILES string of the molecule is O=C(c1nccc2ccccc12)N1CCN(c2cc(-n3cccn3)ncn2)CC1. The zero-order valence-corrected chi connectivity index (χ0v) is 15.7. The maximum atomic E-state index is 13.1. The Hall–Kier alpha value is -3.81. The van der Waals surface area contributed by atoms with E-state index in [1.807, 2.05) is 53.6 Å². The molecule has 0 aliphatic carbocycles. The third-order valence-corrected chi connectivity index (χ3v) is 5.14. The zero-order chi connectivity index (χ0) is 19.6. The lowest BCUT2D eigenvalue weighted by molar-refractivity contribution is 0.0743. The molecule has 0 saturated carbocycles. The predicted octanol–water partition coefficient (Wildman–Crippen LogP) is 2.17. The fraction of sp³-hybridized carbons (Fsp3) is 0.190. The number of carbonyl (C=O) groups excluding carboxylic acids is 1. The second kappa shape index (κ2) is 7.31. The average Bonchev–Trinajstić information content (AvgIpc) is 3.34. The first-order valence-electron chi connectivity index (χ1n) is 9.50. The normalized spacial score (nSPS) is 14.3. The van der Waals surface area contributed by atoms with Crippen molar-refractivity contribution >= 4 is 22.5 Å². The van der Waals surface area contributed by atoms with E-state index in [4.69, 9.17) is 0 Å². The van der Waals surface area contributed by atoms with Crippen molar-refractivity contribution in [1.29, 1.82) is 0 Å². The average molecular weight is 385 g/mol. The van der Waals surface area contributed by atoms with E-state index < -0.39 is 0 Å². The first kappa shape index (κ1) is 17.3. The van der Waals surface area contributed by atoms with E-state index in [9.17, 15) is 4.79 Å². The van der Waals surface area contributed by atoms with Gasteiger partial charge in [-0.15, -0.1) is 0 Å². The van der Waals surface area contributed by atoms with Crippen LogP contribution >= 0.6 is 0 Å². The topological polar surface area (TPSA) is 80.0 Å².